The number of hydrogen-bond acceptors (Lipinski definition) is 7. The molecule has 3 rings (SSSR count). The van der Waals surface area contributed by atoms with E-state index < -0.39 is 17.9 Å². The van der Waals surface area contributed by atoms with E-state index in [-0.39, 0.29) is 37.2 Å². The Kier molecular flexibility index (Phi) is 12.0. The molecule has 4 N–H and O–H groups in total. The molecule has 0 unspecified atom stereocenters. The number of amides is 2. The average Bonchev–Trinajstić information content (AvgIpc) is 3.38. The van der Waals surface area contributed by atoms with Crippen LogP contribution >= 0.6 is 0 Å². The lowest BCUT2D eigenvalue weighted by Crippen LogP contribution is -2.47. The smallest absolute Gasteiger partial charge is 0.320 e. The molecule has 1 aromatic heterocycles. The number of carboxylic acids is 1. The summed E-state index contributed by atoms with van der Waals surface area (Å²) in [6.45, 7) is 1.06. The third kappa shape index (κ3) is 10.6. The molecule has 0 bridgehead atoms. The van der Waals surface area contributed by atoms with Gasteiger partial charge >= 0.3 is 11.9 Å². The number of benzene rings is 2. The molecule has 0 saturated carbocycles. The molecule has 2 aromatic carbocycles. The molecule has 208 valence electrons. The van der Waals surface area contributed by atoms with Gasteiger partial charge in [-0.05, 0) is 49.9 Å². The van der Waals surface area contributed by atoms with Crippen molar-refractivity contribution in [3.63, 3.8) is 0 Å². The minimum absolute atomic E-state index is 0.0331. The minimum Gasteiger partial charge on any atom is -0.481 e. The lowest BCUT2D eigenvalue weighted by atomic mass is 10.1. The molecule has 0 aliphatic heterocycles. The second-order valence-corrected chi connectivity index (χ2v) is 9.14. The first-order chi connectivity index (χ1) is 18.9. The molecule has 0 fully saturated rings. The Labute approximate surface area is 227 Å². The predicted octanol–water partition coefficient (Wildman–Crippen LogP) is 3.41. The van der Waals surface area contributed by atoms with Gasteiger partial charge in [0.05, 0.1) is 6.54 Å². The van der Waals surface area contributed by atoms with Crippen LogP contribution in [0, 0.1) is 0 Å². The van der Waals surface area contributed by atoms with E-state index in [9.17, 15) is 19.2 Å². The number of ether oxygens (including phenoxy) is 1. The lowest BCUT2D eigenvalue weighted by Gasteiger charge is -2.18. The second-order valence-electron chi connectivity index (χ2n) is 9.14. The summed E-state index contributed by atoms with van der Waals surface area (Å²) in [4.78, 5) is 48.3. The number of esters is 1. The maximum Gasteiger partial charge on any atom is 0.320 e. The highest BCUT2D eigenvalue weighted by Gasteiger charge is 2.23. The fourth-order valence-corrected chi connectivity index (χ4v) is 3.92. The molecule has 3 aromatic rings. The monoisotopic (exact) mass is 537 g/mol. The number of carboxylic acid groups (broad SMARTS) is 1. The summed E-state index contributed by atoms with van der Waals surface area (Å²) >= 11 is 0. The van der Waals surface area contributed by atoms with Crippen molar-refractivity contribution in [1.29, 1.82) is 0 Å². The van der Waals surface area contributed by atoms with E-state index in [1.54, 1.807) is 12.1 Å². The molecule has 1 atom stereocenters. The van der Waals surface area contributed by atoms with Gasteiger partial charge in [-0.15, -0.1) is 0 Å². The highest BCUT2D eigenvalue weighted by molar-refractivity contribution is 5.98. The quantitative estimate of drug-likeness (QED) is 0.151. The normalized spacial score (nSPS) is 11.6. The number of carbonyl (C=O) groups excluding carboxylic acids is 3. The largest absolute Gasteiger partial charge is 0.481 e. The van der Waals surface area contributed by atoms with Gasteiger partial charge in [-0.3, -0.25) is 19.2 Å². The minimum atomic E-state index is -0.842. The van der Waals surface area contributed by atoms with E-state index in [2.05, 4.69) is 16.0 Å². The first-order valence-electron chi connectivity index (χ1n) is 13.1. The fraction of sp³-hybridized carbons (Fsp3) is 0.379. The zero-order valence-electron chi connectivity index (χ0n) is 21.8. The van der Waals surface area contributed by atoms with Gasteiger partial charge in [-0.1, -0.05) is 55.0 Å². The van der Waals surface area contributed by atoms with Crippen LogP contribution in [0.3, 0.4) is 0 Å². The molecule has 10 nitrogen and oxygen atoms in total. The van der Waals surface area contributed by atoms with Crippen molar-refractivity contribution < 1.29 is 33.4 Å². The molecule has 0 saturated heterocycles. The Balaban J connectivity index is 1.45. The molecule has 39 heavy (non-hydrogen) atoms. The van der Waals surface area contributed by atoms with Crippen LogP contribution in [0.1, 0.15) is 54.6 Å². The highest BCUT2D eigenvalue weighted by Crippen LogP contribution is 2.19. The second kappa shape index (κ2) is 15.9. The summed E-state index contributed by atoms with van der Waals surface area (Å²) in [6.07, 6.45) is 2.79. The lowest BCUT2D eigenvalue weighted by molar-refractivity contribution is -0.144. The Morgan fingerprint density at radius 3 is 2.44 bits per heavy atom. The number of unbranched alkanes of at least 4 members (excludes halogenated alkanes) is 2. The molecule has 1 heterocycles. The van der Waals surface area contributed by atoms with Crippen molar-refractivity contribution in [2.45, 2.75) is 51.2 Å². The Morgan fingerprint density at radius 2 is 1.67 bits per heavy atom. The third-order valence-corrected chi connectivity index (χ3v) is 6.00. The van der Waals surface area contributed by atoms with Gasteiger partial charge in [0.1, 0.15) is 18.2 Å². The first kappa shape index (κ1) is 29.4. The van der Waals surface area contributed by atoms with Gasteiger partial charge in [0.15, 0.2) is 5.76 Å². The van der Waals surface area contributed by atoms with Crippen molar-refractivity contribution in [2.75, 3.05) is 19.6 Å². The van der Waals surface area contributed by atoms with E-state index in [1.165, 1.54) is 0 Å². The SMILES string of the molecule is O=C(O)CCCCCNC(=O)[C@H](CCCNCC(=O)OCc1ccccc1)NC(=O)c1cc2ccccc2o1. The van der Waals surface area contributed by atoms with Crippen molar-refractivity contribution in [3.05, 3.63) is 72.0 Å². The maximum absolute atomic E-state index is 12.9. The maximum atomic E-state index is 12.9. The van der Waals surface area contributed by atoms with Gasteiger partial charge in [0.25, 0.3) is 5.91 Å². The van der Waals surface area contributed by atoms with Crippen LogP contribution in [-0.4, -0.2) is 54.5 Å². The molecule has 0 spiro atoms. The number of nitrogens with one attached hydrogen (secondary N) is 3. The molecule has 0 aliphatic rings. The first-order valence-corrected chi connectivity index (χ1v) is 13.1. The molecule has 10 heteroatoms. The number of hydrogen-bond donors (Lipinski definition) is 4. The van der Waals surface area contributed by atoms with Crippen LogP contribution in [0.2, 0.25) is 0 Å². The van der Waals surface area contributed by atoms with Crippen LogP contribution in [0.15, 0.2) is 65.1 Å². The van der Waals surface area contributed by atoms with E-state index in [0.29, 0.717) is 50.8 Å². The topological polar surface area (TPSA) is 147 Å². The van der Waals surface area contributed by atoms with Crippen molar-refractivity contribution >= 4 is 34.7 Å². The number of rotatable bonds is 17. The van der Waals surface area contributed by atoms with Crippen molar-refractivity contribution in [1.82, 2.24) is 16.0 Å². The summed E-state index contributed by atoms with van der Waals surface area (Å²) < 4.78 is 10.9. The Hall–Kier alpha value is -4.18. The van der Waals surface area contributed by atoms with Gasteiger partial charge in [0, 0.05) is 18.4 Å². The summed E-state index contributed by atoms with van der Waals surface area (Å²) in [7, 11) is 0. The predicted molar refractivity (Wildman–Crippen MR) is 145 cm³/mol. The van der Waals surface area contributed by atoms with Crippen LogP contribution in [0.25, 0.3) is 11.0 Å². The van der Waals surface area contributed by atoms with Crippen LogP contribution < -0.4 is 16.0 Å². The number of aliphatic carboxylic acids is 1. The van der Waals surface area contributed by atoms with E-state index in [4.69, 9.17) is 14.3 Å². The molecule has 0 radical (unpaired) electrons. The van der Waals surface area contributed by atoms with Gasteiger partial charge in [-0.25, -0.2) is 0 Å². The summed E-state index contributed by atoms with van der Waals surface area (Å²) in [5.41, 5.74) is 1.48. The average molecular weight is 538 g/mol. The third-order valence-electron chi connectivity index (χ3n) is 6.00. The van der Waals surface area contributed by atoms with Crippen molar-refractivity contribution in [3.8, 4) is 0 Å². The van der Waals surface area contributed by atoms with E-state index >= 15 is 0 Å². The summed E-state index contributed by atoms with van der Waals surface area (Å²) in [5.74, 6) is -1.94. The van der Waals surface area contributed by atoms with Gasteiger partial charge in [-0.2, -0.15) is 0 Å². The van der Waals surface area contributed by atoms with Crippen LogP contribution in [0.4, 0.5) is 0 Å². The van der Waals surface area contributed by atoms with Crippen LogP contribution in [0.5, 0.6) is 0 Å². The summed E-state index contributed by atoms with van der Waals surface area (Å²) in [6, 6.07) is 17.5. The molecule has 0 aliphatic carbocycles. The van der Waals surface area contributed by atoms with E-state index in [1.807, 2.05) is 48.5 Å². The van der Waals surface area contributed by atoms with Gasteiger partial charge in [0.2, 0.25) is 5.91 Å². The number of para-hydroxylation sites is 1. The number of carbonyl (C=O) groups is 4. The number of furan rings is 1. The van der Waals surface area contributed by atoms with Crippen molar-refractivity contribution in [2.24, 2.45) is 0 Å². The molecule has 2 amide bonds. The van der Waals surface area contributed by atoms with Gasteiger partial charge < -0.3 is 30.2 Å². The molecular formula is C29H35N3O7. The zero-order valence-corrected chi connectivity index (χ0v) is 21.8. The Morgan fingerprint density at radius 1 is 0.897 bits per heavy atom. The highest BCUT2D eigenvalue weighted by atomic mass is 16.5. The zero-order chi connectivity index (χ0) is 27.9. The summed E-state index contributed by atoms with van der Waals surface area (Å²) in [5, 5.41) is 18.1. The Bertz CT molecular complexity index is 1190. The standard InChI is InChI=1S/C29H35N3O7/c33-26(34)15-5-2-8-17-31-28(36)23(32-29(37)25-18-22-12-6-7-14-24(22)39-25)13-9-16-30-19-27(35)38-20-21-10-3-1-4-11-21/h1,3-4,6-7,10-12,14,18,23,30H,2,5,8-9,13,15-17,19-20H2,(H,31,36)(H,32,37)(H,33,34)/t23-/m0/s1. The fourth-order valence-electron chi connectivity index (χ4n) is 3.92. The van der Waals surface area contributed by atoms with E-state index in [0.717, 1.165) is 10.9 Å². The number of fused-ring (bicyclic) bond motifs is 1. The van der Waals surface area contributed by atoms with Crippen LogP contribution in [-0.2, 0) is 25.7 Å². The molecular weight excluding hydrogens is 502 g/mol.